The highest BCUT2D eigenvalue weighted by atomic mass is 35.5. The van der Waals surface area contributed by atoms with E-state index in [-0.39, 0.29) is 35.2 Å². The molecule has 12 heteroatoms. The largest absolute Gasteiger partial charge is 0.497 e. The minimum Gasteiger partial charge on any atom is -0.497 e. The van der Waals surface area contributed by atoms with Crippen LogP contribution in [0.2, 0.25) is 10.0 Å². The SMILES string of the molecule is CCCCNC(=O)[C@H](Cc1ccccc1)N(Cc1c(Cl)cccc1Cl)C(=O)CN(c1cc(OC)ccc1OC)S(=O)(=O)c1ccc(C)cc1. The van der Waals surface area contributed by atoms with E-state index in [2.05, 4.69) is 5.32 Å². The van der Waals surface area contributed by atoms with E-state index in [4.69, 9.17) is 32.7 Å². The summed E-state index contributed by atoms with van der Waals surface area (Å²) in [5.41, 5.74) is 2.17. The Labute approximate surface area is 298 Å². The highest BCUT2D eigenvalue weighted by Gasteiger charge is 2.36. The Balaban J connectivity index is 1.88. The molecule has 1 N–H and O–H groups in total. The molecule has 4 rings (SSSR count). The van der Waals surface area contributed by atoms with E-state index < -0.39 is 28.5 Å². The van der Waals surface area contributed by atoms with E-state index >= 15 is 0 Å². The maximum atomic E-state index is 14.8. The maximum Gasteiger partial charge on any atom is 0.264 e. The van der Waals surface area contributed by atoms with E-state index in [1.54, 1.807) is 42.5 Å². The molecule has 0 heterocycles. The molecule has 49 heavy (non-hydrogen) atoms. The van der Waals surface area contributed by atoms with Gasteiger partial charge in [-0.3, -0.25) is 13.9 Å². The zero-order valence-electron chi connectivity index (χ0n) is 28.0. The Hall–Kier alpha value is -4.25. The molecule has 0 saturated carbocycles. The highest BCUT2D eigenvalue weighted by Crippen LogP contribution is 2.36. The number of amides is 2. The van der Waals surface area contributed by atoms with E-state index in [9.17, 15) is 18.0 Å². The first kappa shape index (κ1) is 37.6. The molecule has 0 aliphatic rings. The van der Waals surface area contributed by atoms with Gasteiger partial charge in [0.25, 0.3) is 10.0 Å². The summed E-state index contributed by atoms with van der Waals surface area (Å²) in [6, 6.07) is 24.2. The van der Waals surface area contributed by atoms with Crippen molar-refractivity contribution in [1.29, 1.82) is 0 Å². The first-order chi connectivity index (χ1) is 23.5. The molecule has 0 saturated heterocycles. The van der Waals surface area contributed by atoms with Gasteiger partial charge in [-0.05, 0) is 55.3 Å². The van der Waals surface area contributed by atoms with Crippen LogP contribution in [0, 0.1) is 6.92 Å². The fourth-order valence-electron chi connectivity index (χ4n) is 5.26. The van der Waals surface area contributed by atoms with Crippen LogP contribution in [-0.2, 0) is 32.6 Å². The molecular weight excluding hydrogens is 685 g/mol. The number of carbonyl (C=O) groups is 2. The number of hydrogen-bond donors (Lipinski definition) is 1. The number of anilines is 1. The average molecular weight is 727 g/mol. The van der Waals surface area contributed by atoms with Gasteiger partial charge in [-0.1, -0.05) is 90.6 Å². The number of hydrogen-bond acceptors (Lipinski definition) is 6. The van der Waals surface area contributed by atoms with Crippen LogP contribution in [0.4, 0.5) is 5.69 Å². The van der Waals surface area contributed by atoms with Crippen molar-refractivity contribution in [3.05, 3.63) is 118 Å². The molecule has 4 aromatic carbocycles. The fraction of sp³-hybridized carbons (Fsp3) is 0.297. The number of aryl methyl sites for hydroxylation is 1. The predicted octanol–water partition coefficient (Wildman–Crippen LogP) is 7.07. The van der Waals surface area contributed by atoms with Crippen LogP contribution in [-0.4, -0.2) is 58.5 Å². The lowest BCUT2D eigenvalue weighted by molar-refractivity contribution is -0.140. The molecule has 260 valence electrons. The van der Waals surface area contributed by atoms with Crippen molar-refractivity contribution < 1.29 is 27.5 Å². The van der Waals surface area contributed by atoms with Crippen LogP contribution in [0.15, 0.2) is 95.9 Å². The molecule has 1 atom stereocenters. The van der Waals surface area contributed by atoms with E-state index in [1.165, 1.54) is 37.3 Å². The fourth-order valence-corrected chi connectivity index (χ4v) is 7.19. The number of sulfonamides is 1. The van der Waals surface area contributed by atoms with Gasteiger partial charge in [0.15, 0.2) is 0 Å². The number of nitrogens with one attached hydrogen (secondary N) is 1. The van der Waals surface area contributed by atoms with Crippen molar-refractivity contribution >= 4 is 50.7 Å². The zero-order chi connectivity index (χ0) is 35.6. The lowest BCUT2D eigenvalue weighted by atomic mass is 10.0. The van der Waals surface area contributed by atoms with Gasteiger partial charge in [-0.15, -0.1) is 0 Å². The van der Waals surface area contributed by atoms with Gasteiger partial charge in [0, 0.05) is 41.2 Å². The standard InChI is InChI=1S/C37H41Cl2N3O6S/c1-5-6-21-40-37(44)34(22-27-11-8-7-9-12-27)41(24-30-31(38)13-10-14-32(30)39)36(43)25-42(33-23-28(47-3)17-20-35(33)48-4)49(45,46)29-18-15-26(2)16-19-29/h7-20,23,34H,5-6,21-22,24-25H2,1-4H3,(H,40,44)/t34-/m0/s1. The molecule has 0 bridgehead atoms. The summed E-state index contributed by atoms with van der Waals surface area (Å²) in [5, 5.41) is 3.57. The van der Waals surface area contributed by atoms with Crippen LogP contribution < -0.4 is 19.1 Å². The number of ether oxygens (including phenoxy) is 2. The van der Waals surface area contributed by atoms with Crippen molar-refractivity contribution in [2.45, 2.75) is 50.6 Å². The topological polar surface area (TPSA) is 105 Å². The minimum atomic E-state index is -4.37. The minimum absolute atomic E-state index is 0.0328. The van der Waals surface area contributed by atoms with E-state index in [1.807, 2.05) is 44.2 Å². The number of rotatable bonds is 16. The van der Waals surface area contributed by atoms with Crippen LogP contribution in [0.5, 0.6) is 11.5 Å². The van der Waals surface area contributed by atoms with Crippen LogP contribution >= 0.6 is 23.2 Å². The molecule has 0 radical (unpaired) electrons. The second-order valence-corrected chi connectivity index (χ2v) is 14.1. The molecule has 4 aromatic rings. The molecule has 2 amide bonds. The van der Waals surface area contributed by atoms with Crippen LogP contribution in [0.3, 0.4) is 0 Å². The highest BCUT2D eigenvalue weighted by molar-refractivity contribution is 7.92. The Morgan fingerprint density at radius 1 is 0.878 bits per heavy atom. The van der Waals surface area contributed by atoms with Crippen LogP contribution in [0.1, 0.15) is 36.5 Å². The molecule has 0 fully saturated rings. The van der Waals surface area contributed by atoms with Crippen LogP contribution in [0.25, 0.3) is 0 Å². The number of methoxy groups -OCH3 is 2. The number of halogens is 2. The lowest BCUT2D eigenvalue weighted by Crippen LogP contribution is -2.53. The third-order valence-electron chi connectivity index (χ3n) is 8.03. The number of carbonyl (C=O) groups excluding carboxylic acids is 2. The molecule has 0 unspecified atom stereocenters. The number of unbranched alkanes of at least 4 members (excludes halogenated alkanes) is 1. The summed E-state index contributed by atoms with van der Waals surface area (Å²) in [6.07, 6.45) is 1.75. The third kappa shape index (κ3) is 9.47. The van der Waals surface area contributed by atoms with Gasteiger partial charge in [-0.2, -0.15) is 0 Å². The Morgan fingerprint density at radius 2 is 1.55 bits per heavy atom. The van der Waals surface area contributed by atoms with Crippen molar-refractivity contribution in [3.63, 3.8) is 0 Å². The lowest BCUT2D eigenvalue weighted by Gasteiger charge is -2.34. The molecule has 0 spiro atoms. The Bertz CT molecular complexity index is 1820. The summed E-state index contributed by atoms with van der Waals surface area (Å²) in [6.45, 7) is 3.42. The molecule has 0 aromatic heterocycles. The third-order valence-corrected chi connectivity index (χ3v) is 10.5. The van der Waals surface area contributed by atoms with Gasteiger partial charge in [0.05, 0.1) is 24.8 Å². The summed E-state index contributed by atoms with van der Waals surface area (Å²) < 4.78 is 40.9. The van der Waals surface area contributed by atoms with Gasteiger partial charge in [0.1, 0.15) is 24.1 Å². The first-order valence-electron chi connectivity index (χ1n) is 15.9. The molecule has 0 aliphatic carbocycles. The zero-order valence-corrected chi connectivity index (χ0v) is 30.3. The van der Waals surface area contributed by atoms with Crippen molar-refractivity contribution in [2.24, 2.45) is 0 Å². The van der Waals surface area contributed by atoms with Gasteiger partial charge in [0.2, 0.25) is 11.8 Å². The Morgan fingerprint density at radius 3 is 2.16 bits per heavy atom. The predicted molar refractivity (Wildman–Crippen MR) is 194 cm³/mol. The van der Waals surface area contributed by atoms with Gasteiger partial charge >= 0.3 is 0 Å². The second kappa shape index (κ2) is 17.4. The molecule has 9 nitrogen and oxygen atoms in total. The van der Waals surface area contributed by atoms with E-state index in [0.29, 0.717) is 27.9 Å². The summed E-state index contributed by atoms with van der Waals surface area (Å²) in [5.74, 6) is -0.503. The summed E-state index contributed by atoms with van der Waals surface area (Å²) in [4.78, 5) is 30.1. The average Bonchev–Trinajstić information content (AvgIpc) is 3.10. The molecule has 0 aliphatic heterocycles. The van der Waals surface area contributed by atoms with Crippen molar-refractivity contribution in [1.82, 2.24) is 10.2 Å². The maximum absolute atomic E-state index is 14.8. The normalized spacial score (nSPS) is 11.8. The molecular formula is C37H41Cl2N3O6S. The monoisotopic (exact) mass is 725 g/mol. The Kier molecular flexibility index (Phi) is 13.4. The summed E-state index contributed by atoms with van der Waals surface area (Å²) in [7, 11) is -1.51. The van der Waals surface area contributed by atoms with Gasteiger partial charge in [-0.25, -0.2) is 8.42 Å². The van der Waals surface area contributed by atoms with E-state index in [0.717, 1.165) is 28.3 Å². The number of nitrogens with zero attached hydrogens (tertiary/aromatic N) is 2. The quantitative estimate of drug-likeness (QED) is 0.124. The number of benzene rings is 4. The van der Waals surface area contributed by atoms with Gasteiger partial charge < -0.3 is 19.7 Å². The van der Waals surface area contributed by atoms with Crippen molar-refractivity contribution in [2.75, 3.05) is 31.6 Å². The second-order valence-electron chi connectivity index (χ2n) is 11.4. The first-order valence-corrected chi connectivity index (χ1v) is 18.0. The summed E-state index contributed by atoms with van der Waals surface area (Å²) >= 11 is 13.2. The smallest absolute Gasteiger partial charge is 0.264 e. The van der Waals surface area contributed by atoms with Crippen molar-refractivity contribution in [3.8, 4) is 11.5 Å².